The number of allylic oxidation sites excluding steroid dienone is 4. The molecule has 9 heteroatoms. The van der Waals surface area contributed by atoms with Crippen LogP contribution in [0.1, 0.15) is 35.1 Å². The maximum Gasteiger partial charge on any atom is 0.352 e. The van der Waals surface area contributed by atoms with Crippen molar-refractivity contribution < 1.29 is 19.4 Å². The van der Waals surface area contributed by atoms with E-state index in [4.69, 9.17) is 4.74 Å². The molecule has 48 heavy (non-hydrogen) atoms. The van der Waals surface area contributed by atoms with Crippen molar-refractivity contribution in [3.63, 3.8) is 0 Å². The minimum Gasteiger partial charge on any atom is -0.508 e. The van der Waals surface area contributed by atoms with Crippen molar-refractivity contribution in [3.05, 3.63) is 165 Å². The highest BCUT2D eigenvalue weighted by Gasteiger charge is 2.64. The van der Waals surface area contributed by atoms with Crippen LogP contribution in [0.4, 0.5) is 0 Å². The van der Waals surface area contributed by atoms with Gasteiger partial charge in [0.1, 0.15) is 11.5 Å². The molecular formula is C39H31N3O6. The fourth-order valence-corrected chi connectivity index (χ4v) is 8.25. The van der Waals surface area contributed by atoms with Gasteiger partial charge in [0.25, 0.3) is 0 Å². The van der Waals surface area contributed by atoms with Gasteiger partial charge in [0.05, 0.1) is 30.8 Å². The molecule has 4 aromatic carbocycles. The van der Waals surface area contributed by atoms with Crippen molar-refractivity contribution in [3.8, 4) is 17.2 Å². The Balaban J connectivity index is 1.45. The van der Waals surface area contributed by atoms with Crippen LogP contribution < -0.4 is 16.1 Å². The molecule has 1 N–H and O–H groups in total. The number of aromatic nitrogens is 3. The highest BCUT2D eigenvalue weighted by molar-refractivity contribution is 6.31. The summed E-state index contributed by atoms with van der Waals surface area (Å²) < 4.78 is 9.77. The van der Waals surface area contributed by atoms with E-state index in [1.165, 1.54) is 28.6 Å². The summed E-state index contributed by atoms with van der Waals surface area (Å²) in [4.78, 5) is 58.2. The molecule has 1 saturated carbocycles. The molecule has 0 spiro atoms. The molecule has 4 atom stereocenters. The van der Waals surface area contributed by atoms with E-state index >= 15 is 4.79 Å². The summed E-state index contributed by atoms with van der Waals surface area (Å²) in [5.74, 6) is -2.21. The number of rotatable bonds is 5. The van der Waals surface area contributed by atoms with Crippen LogP contribution in [0.3, 0.4) is 0 Å². The molecule has 8 rings (SSSR count). The van der Waals surface area contributed by atoms with Gasteiger partial charge in [-0.1, -0.05) is 91.0 Å². The zero-order chi connectivity index (χ0) is 33.2. The lowest BCUT2D eigenvalue weighted by molar-refractivity contribution is -0.133. The molecule has 0 amide bonds. The monoisotopic (exact) mass is 637 g/mol. The molecule has 3 aliphatic rings. The lowest BCUT2D eigenvalue weighted by Gasteiger charge is -2.54. The minimum atomic E-state index is -1.50. The van der Waals surface area contributed by atoms with Gasteiger partial charge < -0.3 is 9.84 Å². The third kappa shape index (κ3) is 4.03. The van der Waals surface area contributed by atoms with E-state index in [0.717, 1.165) is 4.57 Å². The smallest absolute Gasteiger partial charge is 0.352 e. The number of carbonyl (C=O) groups is 2. The van der Waals surface area contributed by atoms with Gasteiger partial charge in [-0.15, -0.1) is 0 Å². The zero-order valence-corrected chi connectivity index (χ0v) is 26.0. The Hall–Kier alpha value is -5.96. The second kappa shape index (κ2) is 11.1. The van der Waals surface area contributed by atoms with E-state index in [-0.39, 0.29) is 35.9 Å². The van der Waals surface area contributed by atoms with Crippen molar-refractivity contribution in [1.29, 1.82) is 0 Å². The molecule has 1 aromatic heterocycles. The fourth-order valence-electron chi connectivity index (χ4n) is 8.25. The van der Waals surface area contributed by atoms with Crippen molar-refractivity contribution >= 4 is 17.1 Å². The third-order valence-corrected chi connectivity index (χ3v) is 10.2. The summed E-state index contributed by atoms with van der Waals surface area (Å²) in [7, 11) is 1.49. The van der Waals surface area contributed by atoms with Crippen LogP contribution in [-0.2, 0) is 21.5 Å². The third-order valence-electron chi connectivity index (χ3n) is 10.2. The molecule has 0 bridgehead atoms. The number of methoxy groups -OCH3 is 1. The van der Waals surface area contributed by atoms with Crippen LogP contribution >= 0.6 is 0 Å². The Bertz CT molecular complexity index is 2280. The number of Topliss-reactive ketones (excluding diaryl/α,β-unsaturated/α-hetero) is 1. The first-order valence-corrected chi connectivity index (χ1v) is 15.8. The number of hydrogen-bond donors (Lipinski definition) is 1. The molecule has 9 nitrogen and oxygen atoms in total. The Labute approximate surface area is 275 Å². The highest BCUT2D eigenvalue weighted by Crippen LogP contribution is 2.63. The number of benzene rings is 4. The molecule has 1 fully saturated rings. The predicted octanol–water partition coefficient (Wildman–Crippen LogP) is 4.97. The van der Waals surface area contributed by atoms with E-state index in [1.54, 1.807) is 54.6 Å². The normalized spacial score (nSPS) is 23.0. The molecule has 0 saturated heterocycles. The summed E-state index contributed by atoms with van der Waals surface area (Å²) >= 11 is 0. The van der Waals surface area contributed by atoms with Crippen LogP contribution in [0, 0.1) is 5.92 Å². The first kappa shape index (κ1) is 29.4. The molecule has 4 unspecified atom stereocenters. The van der Waals surface area contributed by atoms with Gasteiger partial charge in [-0.25, -0.2) is 23.5 Å². The van der Waals surface area contributed by atoms with E-state index in [2.05, 4.69) is 0 Å². The van der Waals surface area contributed by atoms with Crippen LogP contribution in [0.2, 0.25) is 0 Å². The van der Waals surface area contributed by atoms with Crippen molar-refractivity contribution in [2.75, 3.05) is 7.11 Å². The average molecular weight is 638 g/mol. The van der Waals surface area contributed by atoms with Gasteiger partial charge >= 0.3 is 11.4 Å². The maximum atomic E-state index is 15.1. The molecule has 238 valence electrons. The molecular weight excluding hydrogens is 606 g/mol. The topological polar surface area (TPSA) is 113 Å². The van der Waals surface area contributed by atoms with Gasteiger partial charge in [0.15, 0.2) is 11.6 Å². The lowest BCUT2D eigenvalue weighted by Crippen LogP contribution is -2.58. The summed E-state index contributed by atoms with van der Waals surface area (Å²) in [6, 6.07) is 31.1. The Morgan fingerprint density at radius 2 is 1.46 bits per heavy atom. The zero-order valence-electron chi connectivity index (χ0n) is 26.0. The number of ketones is 2. The first-order valence-electron chi connectivity index (χ1n) is 15.8. The van der Waals surface area contributed by atoms with Gasteiger partial charge in [-0.05, 0) is 53.5 Å². The predicted molar refractivity (Wildman–Crippen MR) is 179 cm³/mol. The number of aromatic hydroxyl groups is 1. The van der Waals surface area contributed by atoms with E-state index in [0.29, 0.717) is 33.7 Å². The number of fused-ring (bicyclic) bond motifs is 4. The quantitative estimate of drug-likeness (QED) is 0.273. The van der Waals surface area contributed by atoms with E-state index in [1.807, 2.05) is 54.6 Å². The van der Waals surface area contributed by atoms with Crippen molar-refractivity contribution in [2.45, 2.75) is 30.3 Å². The lowest BCUT2D eigenvalue weighted by atomic mass is 9.47. The van der Waals surface area contributed by atoms with Gasteiger partial charge in [0.2, 0.25) is 0 Å². The summed E-state index contributed by atoms with van der Waals surface area (Å²) in [5.41, 5.74) is 0.379. The number of phenols is 1. The molecule has 2 aliphatic carbocycles. The highest BCUT2D eigenvalue weighted by atomic mass is 16.5. The molecule has 5 aromatic rings. The summed E-state index contributed by atoms with van der Waals surface area (Å²) in [6.07, 6.45) is 3.38. The Morgan fingerprint density at radius 3 is 2.15 bits per heavy atom. The number of carbonyl (C=O) groups excluding carboxylic acids is 2. The number of hydrogen-bond acceptors (Lipinski definition) is 6. The minimum absolute atomic E-state index is 0.0505. The Morgan fingerprint density at radius 1 is 0.792 bits per heavy atom. The van der Waals surface area contributed by atoms with Gasteiger partial charge in [-0.3, -0.25) is 9.59 Å². The van der Waals surface area contributed by atoms with Gasteiger partial charge in [0, 0.05) is 23.0 Å². The van der Waals surface area contributed by atoms with Crippen molar-refractivity contribution in [2.24, 2.45) is 5.92 Å². The second-order valence-corrected chi connectivity index (χ2v) is 12.4. The number of phenolic OH excluding ortho intramolecular Hbond substituents is 1. The molecule has 0 radical (unpaired) electrons. The largest absolute Gasteiger partial charge is 0.508 e. The number of para-hydroxylation sites is 1. The first-order chi connectivity index (χ1) is 23.4. The van der Waals surface area contributed by atoms with Gasteiger partial charge in [-0.2, -0.15) is 0 Å². The fraction of sp³-hybridized carbons (Fsp3) is 0.179. The number of nitrogens with zero attached hydrogens (tertiary/aromatic N) is 3. The van der Waals surface area contributed by atoms with Crippen molar-refractivity contribution in [1.82, 2.24) is 13.9 Å². The maximum absolute atomic E-state index is 15.1. The molecule has 2 heterocycles. The molecule has 1 aliphatic heterocycles. The standard InChI is InChI=1S/C39H31N3O6/c1-48-32-19-11-18-31(43)34(32)35-27-20-21-40-37(46)41(26-16-9-4-10-17-26)38(47)42(40)30(27)23-29-36(45)28(24-12-5-2-6-13-24)22-33(44)39(29,35)25-14-7-3-8-15-25/h2-20,22,29-30,35,43H,21,23H2,1H3. The summed E-state index contributed by atoms with van der Waals surface area (Å²) in [5, 5.41) is 11.6. The van der Waals surface area contributed by atoms with Crippen LogP contribution in [0.25, 0.3) is 11.3 Å². The van der Waals surface area contributed by atoms with Crippen LogP contribution in [0.5, 0.6) is 11.5 Å². The second-order valence-electron chi connectivity index (χ2n) is 12.4. The van der Waals surface area contributed by atoms with E-state index in [9.17, 15) is 19.5 Å². The number of ether oxygens (including phenoxy) is 1. The average Bonchev–Trinajstić information content (AvgIpc) is 3.39. The summed E-state index contributed by atoms with van der Waals surface area (Å²) in [6.45, 7) is 0.0505. The van der Waals surface area contributed by atoms with E-state index < -0.39 is 34.7 Å². The van der Waals surface area contributed by atoms with Crippen LogP contribution in [0.15, 0.2) is 137 Å². The SMILES string of the molecule is COc1cccc(O)c1C1C2=CCn3c(=O)n(-c4ccccc4)c(=O)n3C2CC2C(=O)C(c3ccccc3)=CC(=O)C21c1ccccc1. The van der Waals surface area contributed by atoms with Crippen LogP contribution in [-0.4, -0.2) is 37.7 Å². The Kier molecular flexibility index (Phi) is 6.80.